The largest absolute Gasteiger partial charge is 0.376 e. The Labute approximate surface area is 259 Å². The lowest BCUT2D eigenvalue weighted by Gasteiger charge is -2.46. The van der Waals surface area contributed by atoms with Crippen molar-refractivity contribution in [1.82, 2.24) is 4.90 Å². The van der Waals surface area contributed by atoms with Crippen LogP contribution in [0.5, 0.6) is 0 Å². The van der Waals surface area contributed by atoms with Gasteiger partial charge in [0.15, 0.2) is 0 Å². The van der Waals surface area contributed by atoms with E-state index in [2.05, 4.69) is 61.5 Å². The van der Waals surface area contributed by atoms with Crippen molar-refractivity contribution in [3.8, 4) is 0 Å². The van der Waals surface area contributed by atoms with Gasteiger partial charge in [0.2, 0.25) is 0 Å². The fourth-order valence-electron chi connectivity index (χ4n) is 5.89. The normalized spacial score (nSPS) is 21.6. The number of rotatable bonds is 17. The van der Waals surface area contributed by atoms with Crippen molar-refractivity contribution in [2.75, 3.05) is 51.5 Å². The molecule has 0 radical (unpaired) electrons. The molecule has 242 valence electrons. The molecule has 2 atom stereocenters. The van der Waals surface area contributed by atoms with Crippen LogP contribution in [0.15, 0.2) is 33.9 Å². The SMILES string of the molecule is C=C(C)N1CCCCC1.CCCCCCCCC(CCC)S1(C)CCC=C(C(C=NC)=NC)C1.CCCCCCN. The molecule has 2 aliphatic heterocycles. The van der Waals surface area contributed by atoms with Gasteiger partial charge in [0.25, 0.3) is 0 Å². The number of hydrogen-bond acceptors (Lipinski definition) is 4. The molecule has 0 aromatic carbocycles. The molecule has 0 aromatic rings. The van der Waals surface area contributed by atoms with Gasteiger partial charge >= 0.3 is 0 Å². The molecule has 0 aliphatic carbocycles. The van der Waals surface area contributed by atoms with E-state index in [0.717, 1.165) is 17.5 Å². The van der Waals surface area contributed by atoms with Crippen LogP contribution in [-0.4, -0.2) is 73.6 Å². The zero-order valence-electron chi connectivity index (χ0n) is 28.8. The van der Waals surface area contributed by atoms with E-state index in [-0.39, 0.29) is 0 Å². The Morgan fingerprint density at radius 2 is 1.54 bits per heavy atom. The fourth-order valence-corrected chi connectivity index (χ4v) is 9.78. The van der Waals surface area contributed by atoms with Gasteiger partial charge in [-0.2, -0.15) is 0 Å². The summed E-state index contributed by atoms with van der Waals surface area (Å²) in [5.74, 6) is 2.67. The van der Waals surface area contributed by atoms with Gasteiger partial charge in [-0.05, 0) is 81.2 Å². The second-order valence-electron chi connectivity index (χ2n) is 12.3. The molecule has 4 nitrogen and oxygen atoms in total. The first-order valence-electron chi connectivity index (χ1n) is 17.2. The maximum atomic E-state index is 5.27. The molecule has 0 spiro atoms. The maximum absolute atomic E-state index is 5.27. The second kappa shape index (κ2) is 26.5. The molecule has 2 unspecified atom stereocenters. The van der Waals surface area contributed by atoms with E-state index in [0.29, 0.717) is 0 Å². The molecule has 0 amide bonds. The molecule has 0 bridgehead atoms. The van der Waals surface area contributed by atoms with Crippen LogP contribution in [-0.2, 0) is 0 Å². The van der Waals surface area contributed by atoms with E-state index in [4.69, 9.17) is 5.73 Å². The summed E-state index contributed by atoms with van der Waals surface area (Å²) in [5.41, 5.74) is 9.07. The quantitative estimate of drug-likeness (QED) is 0.135. The van der Waals surface area contributed by atoms with Crippen LogP contribution in [0.25, 0.3) is 0 Å². The molecule has 1 fully saturated rings. The van der Waals surface area contributed by atoms with E-state index in [1.807, 2.05) is 20.3 Å². The van der Waals surface area contributed by atoms with E-state index >= 15 is 0 Å². The molecule has 0 aromatic heterocycles. The average molecular weight is 593 g/mol. The van der Waals surface area contributed by atoms with Crippen molar-refractivity contribution in [1.29, 1.82) is 0 Å². The van der Waals surface area contributed by atoms with Gasteiger partial charge in [0.1, 0.15) is 0 Å². The second-order valence-corrected chi connectivity index (χ2v) is 16.4. The van der Waals surface area contributed by atoms with Crippen LogP contribution in [0.1, 0.15) is 137 Å². The zero-order chi connectivity index (χ0) is 30.8. The van der Waals surface area contributed by atoms with Gasteiger partial charge < -0.3 is 10.6 Å². The predicted molar refractivity (Wildman–Crippen MR) is 194 cm³/mol. The van der Waals surface area contributed by atoms with Gasteiger partial charge in [-0.15, -0.1) is 0 Å². The Hall–Kier alpha value is -1.07. The third-order valence-corrected chi connectivity index (χ3v) is 12.7. The number of likely N-dealkylation sites (tertiary alicyclic amines) is 1. The molecule has 0 saturated carbocycles. The summed E-state index contributed by atoms with van der Waals surface area (Å²) in [7, 11) is 3.17. The fraction of sp³-hybridized carbons (Fsp3) is 0.833. The highest BCUT2D eigenvalue weighted by Gasteiger charge is 2.31. The molecule has 1 saturated heterocycles. The molecule has 2 aliphatic rings. The summed E-state index contributed by atoms with van der Waals surface area (Å²) in [6.45, 7) is 16.2. The summed E-state index contributed by atoms with van der Waals surface area (Å²) in [6, 6.07) is 0. The number of aliphatic imine (C=N–C) groups is 2. The third-order valence-electron chi connectivity index (χ3n) is 8.53. The average Bonchev–Trinajstić information content (AvgIpc) is 2.98. The summed E-state index contributed by atoms with van der Waals surface area (Å²) in [4.78, 5) is 11.1. The maximum Gasteiger partial charge on any atom is 0.0785 e. The van der Waals surface area contributed by atoms with Crippen LogP contribution in [0.2, 0.25) is 0 Å². The van der Waals surface area contributed by atoms with E-state index < -0.39 is 10.0 Å². The zero-order valence-corrected chi connectivity index (χ0v) is 29.6. The van der Waals surface area contributed by atoms with Crippen molar-refractivity contribution >= 4 is 22.0 Å². The predicted octanol–water partition coefficient (Wildman–Crippen LogP) is 9.97. The number of allylic oxidation sites excluding steroid dienone is 2. The van der Waals surface area contributed by atoms with Crippen LogP contribution < -0.4 is 5.73 Å². The highest BCUT2D eigenvalue weighted by Crippen LogP contribution is 2.56. The highest BCUT2D eigenvalue weighted by molar-refractivity contribution is 8.33. The number of nitrogens with zero attached hydrogens (tertiary/aromatic N) is 3. The van der Waals surface area contributed by atoms with E-state index in [9.17, 15) is 0 Å². The van der Waals surface area contributed by atoms with Gasteiger partial charge in [0, 0.05) is 44.8 Å². The lowest BCUT2D eigenvalue weighted by molar-refractivity contribution is 0.287. The summed E-state index contributed by atoms with van der Waals surface area (Å²) >= 11 is 0. The minimum absolute atomic E-state index is 0.574. The Morgan fingerprint density at radius 1 is 0.927 bits per heavy atom. The van der Waals surface area contributed by atoms with Crippen LogP contribution in [0, 0.1) is 0 Å². The molecule has 5 heteroatoms. The molecule has 2 heterocycles. The summed E-state index contributed by atoms with van der Waals surface area (Å²) in [5, 5.41) is 0.934. The molecule has 41 heavy (non-hydrogen) atoms. The number of nitrogens with two attached hydrogens (primary N) is 1. The number of piperidine rings is 1. The molecule has 2 rings (SSSR count). The highest BCUT2D eigenvalue weighted by atomic mass is 32.3. The monoisotopic (exact) mass is 593 g/mol. The molecule has 2 N–H and O–H groups in total. The number of unbranched alkanes of at least 4 members (excludes halogenated alkanes) is 8. The van der Waals surface area contributed by atoms with Crippen LogP contribution in [0.4, 0.5) is 0 Å². The topological polar surface area (TPSA) is 54.0 Å². The first kappa shape index (κ1) is 39.9. The van der Waals surface area contributed by atoms with E-state index in [1.54, 1.807) is 0 Å². The van der Waals surface area contributed by atoms with Crippen molar-refractivity contribution in [3.63, 3.8) is 0 Å². The van der Waals surface area contributed by atoms with Crippen LogP contribution >= 0.6 is 10.0 Å². The van der Waals surface area contributed by atoms with Crippen molar-refractivity contribution in [2.24, 2.45) is 15.7 Å². The Bertz CT molecular complexity index is 719. The minimum Gasteiger partial charge on any atom is -0.376 e. The first-order valence-corrected chi connectivity index (χ1v) is 19.7. The minimum atomic E-state index is -0.574. The standard InChI is InChI=1S/C22H42N2S.C8H15N.C6H15N/c1-6-8-9-10-11-12-16-21(14-7-2)25(5)17-13-15-20(19-25)22(24-4)18-23-3;1-8(2)9-6-4-3-5-7-9;1-2-3-4-5-6-7/h15,18,21H,6-14,16-17,19H2,1-5H3;1,3-7H2,2H3;2-7H2,1H3. The third kappa shape index (κ3) is 19.0. The molecular formula is C36H72N4S. The Morgan fingerprint density at radius 3 is 2.05 bits per heavy atom. The summed E-state index contributed by atoms with van der Waals surface area (Å²) < 4.78 is 0. The van der Waals surface area contributed by atoms with Crippen molar-refractivity contribution < 1.29 is 0 Å². The van der Waals surface area contributed by atoms with E-state index in [1.165, 1.54) is 145 Å². The van der Waals surface area contributed by atoms with Crippen molar-refractivity contribution in [2.45, 2.75) is 142 Å². The summed E-state index contributed by atoms with van der Waals surface area (Å²) in [6.07, 6.45) is 30.2. The van der Waals surface area contributed by atoms with Gasteiger partial charge in [0.05, 0.1) is 5.71 Å². The Kier molecular flexibility index (Phi) is 25.9. The lowest BCUT2D eigenvalue weighted by Crippen LogP contribution is -2.28. The van der Waals surface area contributed by atoms with Crippen molar-refractivity contribution in [3.05, 3.63) is 23.9 Å². The van der Waals surface area contributed by atoms with Gasteiger partial charge in [-0.1, -0.05) is 97.6 Å². The lowest BCUT2D eigenvalue weighted by atomic mass is 10.1. The first-order chi connectivity index (χ1) is 19.8. The Balaban J connectivity index is 0.000000808. The molecular weight excluding hydrogens is 520 g/mol. The smallest absolute Gasteiger partial charge is 0.0785 e. The van der Waals surface area contributed by atoms with Gasteiger partial charge in [-0.25, -0.2) is 10.0 Å². The number of hydrogen-bond donors (Lipinski definition) is 1. The van der Waals surface area contributed by atoms with Crippen LogP contribution in [0.3, 0.4) is 0 Å². The van der Waals surface area contributed by atoms with Gasteiger partial charge in [-0.3, -0.25) is 9.98 Å².